The molecule has 4 heteroatoms. The fourth-order valence-electron chi connectivity index (χ4n) is 2.54. The van der Waals surface area contributed by atoms with Crippen LogP contribution >= 0.6 is 0 Å². The van der Waals surface area contributed by atoms with Crippen molar-refractivity contribution in [2.75, 3.05) is 25.6 Å². The number of anilines is 1. The van der Waals surface area contributed by atoms with Crippen LogP contribution in [0.2, 0.25) is 0 Å². The number of benzene rings is 1. The second kappa shape index (κ2) is 4.47. The fraction of sp³-hybridized carbons (Fsp3) is 0.600. The van der Waals surface area contributed by atoms with Gasteiger partial charge in [-0.3, -0.25) is 0 Å². The third kappa shape index (κ3) is 2.76. The molecule has 0 aromatic heterocycles. The van der Waals surface area contributed by atoms with E-state index in [4.69, 9.17) is 19.9 Å². The first-order valence-corrected chi connectivity index (χ1v) is 6.95. The maximum absolute atomic E-state index is 6.35. The van der Waals surface area contributed by atoms with Gasteiger partial charge in [0.15, 0.2) is 0 Å². The van der Waals surface area contributed by atoms with Crippen molar-refractivity contribution in [3.8, 4) is 0 Å². The predicted molar refractivity (Wildman–Crippen MR) is 70.0 cm³/mol. The van der Waals surface area contributed by atoms with E-state index in [9.17, 15) is 0 Å². The number of nitrogens with two attached hydrogens (primary N) is 1. The van der Waals surface area contributed by atoms with E-state index in [2.05, 4.69) is 12.1 Å². The molecule has 0 aliphatic carbocycles. The van der Waals surface area contributed by atoms with Gasteiger partial charge in [-0.15, -0.1) is 0 Å². The van der Waals surface area contributed by atoms with Crippen LogP contribution in [-0.2, 0) is 33.5 Å². The molecule has 101 valence electrons. The number of epoxide rings is 3. The van der Waals surface area contributed by atoms with Crippen molar-refractivity contribution < 1.29 is 14.2 Å². The summed E-state index contributed by atoms with van der Waals surface area (Å²) in [5.74, 6) is 0. The summed E-state index contributed by atoms with van der Waals surface area (Å²) in [6, 6.07) is 5.43. The lowest BCUT2D eigenvalue weighted by Gasteiger charge is -2.14. The molecule has 3 heterocycles. The summed E-state index contributed by atoms with van der Waals surface area (Å²) in [6.07, 6.45) is 3.83. The minimum Gasteiger partial charge on any atom is -0.398 e. The van der Waals surface area contributed by atoms with Crippen LogP contribution in [0, 0.1) is 6.07 Å². The van der Waals surface area contributed by atoms with Crippen molar-refractivity contribution in [2.24, 2.45) is 0 Å². The van der Waals surface area contributed by atoms with Crippen molar-refractivity contribution in [1.29, 1.82) is 0 Å². The minimum absolute atomic E-state index is 0.348. The number of rotatable bonds is 6. The zero-order valence-electron chi connectivity index (χ0n) is 10.9. The molecule has 2 N–H and O–H groups in total. The van der Waals surface area contributed by atoms with Gasteiger partial charge < -0.3 is 19.9 Å². The monoisotopic (exact) mass is 260 g/mol. The second-order valence-electron chi connectivity index (χ2n) is 5.66. The van der Waals surface area contributed by atoms with Gasteiger partial charge in [-0.25, -0.2) is 0 Å². The molecule has 0 saturated carbocycles. The van der Waals surface area contributed by atoms with Gasteiger partial charge in [-0.2, -0.15) is 0 Å². The molecule has 3 aliphatic rings. The van der Waals surface area contributed by atoms with Crippen molar-refractivity contribution in [3.05, 3.63) is 28.8 Å². The van der Waals surface area contributed by atoms with Crippen LogP contribution in [0.1, 0.15) is 16.7 Å². The van der Waals surface area contributed by atoms with E-state index < -0.39 is 0 Å². The molecule has 1 aromatic rings. The number of hydrogen-bond acceptors (Lipinski definition) is 4. The van der Waals surface area contributed by atoms with Crippen molar-refractivity contribution in [2.45, 2.75) is 37.6 Å². The molecule has 4 rings (SSSR count). The molecule has 1 radical (unpaired) electrons. The average molecular weight is 260 g/mol. The summed E-state index contributed by atoms with van der Waals surface area (Å²) in [7, 11) is 0. The van der Waals surface area contributed by atoms with Crippen LogP contribution in [0.25, 0.3) is 0 Å². The zero-order valence-corrected chi connectivity index (χ0v) is 10.9. The molecule has 3 saturated heterocycles. The molecular weight excluding hydrogens is 242 g/mol. The molecule has 1 aromatic carbocycles. The second-order valence-corrected chi connectivity index (χ2v) is 5.66. The van der Waals surface area contributed by atoms with E-state index >= 15 is 0 Å². The summed E-state index contributed by atoms with van der Waals surface area (Å²) >= 11 is 0. The van der Waals surface area contributed by atoms with Gasteiger partial charge in [0, 0.05) is 24.9 Å². The summed E-state index contributed by atoms with van der Waals surface area (Å²) < 4.78 is 16.0. The highest BCUT2D eigenvalue weighted by molar-refractivity contribution is 5.58. The third-order valence-corrected chi connectivity index (χ3v) is 3.98. The molecular formula is C15H18NO3. The van der Waals surface area contributed by atoms with Crippen LogP contribution in [0.15, 0.2) is 6.07 Å². The summed E-state index contributed by atoms with van der Waals surface area (Å²) in [5.41, 5.74) is 10.9. The fourth-order valence-corrected chi connectivity index (χ4v) is 2.54. The number of nitrogen functional groups attached to an aromatic ring is 1. The largest absolute Gasteiger partial charge is 0.398 e. The van der Waals surface area contributed by atoms with Crippen molar-refractivity contribution in [3.63, 3.8) is 0 Å². The van der Waals surface area contributed by atoms with E-state index in [1.165, 1.54) is 11.1 Å². The first-order valence-electron chi connectivity index (χ1n) is 6.95. The Morgan fingerprint density at radius 1 is 1.00 bits per heavy atom. The van der Waals surface area contributed by atoms with E-state index in [1.807, 2.05) is 0 Å². The molecule has 3 unspecified atom stereocenters. The van der Waals surface area contributed by atoms with Gasteiger partial charge in [-0.1, -0.05) is 6.07 Å². The lowest BCUT2D eigenvalue weighted by molar-refractivity contribution is 0.401. The highest BCUT2D eigenvalue weighted by Crippen LogP contribution is 2.31. The lowest BCUT2D eigenvalue weighted by Crippen LogP contribution is -2.10. The maximum atomic E-state index is 6.35. The van der Waals surface area contributed by atoms with Gasteiger partial charge >= 0.3 is 0 Å². The van der Waals surface area contributed by atoms with Gasteiger partial charge in [0.2, 0.25) is 0 Å². The Hall–Kier alpha value is -1.10. The Bertz CT molecular complexity index is 490. The standard InChI is InChI=1S/C15H18NO3/c16-15-10(4-12-7-18-12)2-1-9(3-11-6-17-11)14(15)5-13-8-19-13/h1,11-13H,3-8,16H2. The van der Waals surface area contributed by atoms with Crippen LogP contribution in [0.5, 0.6) is 0 Å². The van der Waals surface area contributed by atoms with Crippen LogP contribution in [0.3, 0.4) is 0 Å². The van der Waals surface area contributed by atoms with Gasteiger partial charge in [0.25, 0.3) is 0 Å². The van der Waals surface area contributed by atoms with Crippen molar-refractivity contribution >= 4 is 5.69 Å². The van der Waals surface area contributed by atoms with E-state index in [0.717, 1.165) is 50.3 Å². The first-order chi connectivity index (χ1) is 9.29. The lowest BCUT2D eigenvalue weighted by atomic mass is 9.93. The van der Waals surface area contributed by atoms with Crippen LogP contribution in [0.4, 0.5) is 5.69 Å². The highest BCUT2D eigenvalue weighted by atomic mass is 16.6. The molecule has 3 atom stereocenters. The maximum Gasteiger partial charge on any atom is 0.0851 e. The molecule has 0 spiro atoms. The number of hydrogen-bond donors (Lipinski definition) is 1. The summed E-state index contributed by atoms with van der Waals surface area (Å²) in [5, 5.41) is 0. The van der Waals surface area contributed by atoms with Gasteiger partial charge in [-0.05, 0) is 22.8 Å². The molecule has 3 fully saturated rings. The Morgan fingerprint density at radius 3 is 2.21 bits per heavy atom. The average Bonchev–Trinajstić information content (AvgIpc) is 3.25. The van der Waals surface area contributed by atoms with Crippen LogP contribution in [-0.4, -0.2) is 38.1 Å². The molecule has 3 aliphatic heterocycles. The molecule has 4 nitrogen and oxygen atoms in total. The minimum atomic E-state index is 0.348. The SMILES string of the molecule is Nc1c(CC2CO2)[c]cc(CC2CO2)c1CC1CO1. The summed E-state index contributed by atoms with van der Waals surface area (Å²) in [4.78, 5) is 0. The third-order valence-electron chi connectivity index (χ3n) is 3.98. The molecule has 0 amide bonds. The smallest absolute Gasteiger partial charge is 0.0851 e. The first kappa shape index (κ1) is 11.7. The Kier molecular flexibility index (Phi) is 2.76. The highest BCUT2D eigenvalue weighted by Gasteiger charge is 2.30. The normalized spacial score (nSPS) is 31.3. The summed E-state index contributed by atoms with van der Waals surface area (Å²) in [6.45, 7) is 2.58. The van der Waals surface area contributed by atoms with E-state index in [0.29, 0.717) is 18.3 Å². The number of ether oxygens (including phenoxy) is 3. The quantitative estimate of drug-likeness (QED) is 0.609. The van der Waals surface area contributed by atoms with Gasteiger partial charge in [0.1, 0.15) is 0 Å². The van der Waals surface area contributed by atoms with E-state index in [-0.39, 0.29) is 0 Å². The Labute approximate surface area is 112 Å². The van der Waals surface area contributed by atoms with E-state index in [1.54, 1.807) is 0 Å². The topological polar surface area (TPSA) is 63.6 Å². The zero-order chi connectivity index (χ0) is 12.8. The molecule has 19 heavy (non-hydrogen) atoms. The molecule has 0 bridgehead atoms. The van der Waals surface area contributed by atoms with Crippen molar-refractivity contribution in [1.82, 2.24) is 0 Å². The predicted octanol–water partition coefficient (Wildman–Crippen LogP) is 0.893. The van der Waals surface area contributed by atoms with Gasteiger partial charge in [0.05, 0.1) is 38.1 Å². The Morgan fingerprint density at radius 2 is 1.58 bits per heavy atom. The Balaban J connectivity index is 1.62. The van der Waals surface area contributed by atoms with Crippen LogP contribution < -0.4 is 5.73 Å².